The number of phenolic OH excluding ortho intramolecular Hbond substituents is 2. The molecule has 84 valence electrons. The molecule has 0 heterocycles. The van der Waals surface area contributed by atoms with Gasteiger partial charge >= 0.3 is 0 Å². The second-order valence-electron chi connectivity index (χ2n) is 4.21. The number of benzene rings is 1. The van der Waals surface area contributed by atoms with Crippen LogP contribution in [0.4, 0.5) is 0 Å². The van der Waals surface area contributed by atoms with Gasteiger partial charge in [-0.25, -0.2) is 0 Å². The van der Waals surface area contributed by atoms with Crippen molar-refractivity contribution >= 4 is 0 Å². The van der Waals surface area contributed by atoms with Gasteiger partial charge in [0.05, 0.1) is 0 Å². The van der Waals surface area contributed by atoms with Gasteiger partial charge in [-0.3, -0.25) is 0 Å². The van der Waals surface area contributed by atoms with E-state index < -0.39 is 0 Å². The van der Waals surface area contributed by atoms with Crippen LogP contribution in [0.3, 0.4) is 0 Å². The van der Waals surface area contributed by atoms with Gasteiger partial charge in [0.2, 0.25) is 0 Å². The lowest BCUT2D eigenvalue weighted by Crippen LogP contribution is -2.26. The van der Waals surface area contributed by atoms with Crippen molar-refractivity contribution in [3.63, 3.8) is 0 Å². The van der Waals surface area contributed by atoms with E-state index in [2.05, 4.69) is 26.1 Å². The van der Waals surface area contributed by atoms with Crippen LogP contribution < -0.4 is 5.32 Å². The summed E-state index contributed by atoms with van der Waals surface area (Å²) in [7, 11) is 0. The predicted octanol–water partition coefficient (Wildman–Crippen LogP) is 2.20. The number of aromatic hydroxyl groups is 2. The largest absolute Gasteiger partial charge is 0.504 e. The molecule has 0 fully saturated rings. The first-order chi connectivity index (χ1) is 7.00. The lowest BCUT2D eigenvalue weighted by molar-refractivity contribution is 0.402. The molecule has 1 aromatic rings. The van der Waals surface area contributed by atoms with E-state index in [-0.39, 0.29) is 11.5 Å². The molecule has 0 aliphatic heterocycles. The molecule has 0 aliphatic carbocycles. The first-order valence-corrected chi connectivity index (χ1v) is 5.26. The molecule has 0 saturated heterocycles. The van der Waals surface area contributed by atoms with E-state index >= 15 is 0 Å². The zero-order chi connectivity index (χ0) is 11.4. The minimum atomic E-state index is -0.0669. The van der Waals surface area contributed by atoms with Crippen LogP contribution in [0, 0.1) is 0 Å². The van der Waals surface area contributed by atoms with Crippen molar-refractivity contribution in [1.29, 1.82) is 0 Å². The van der Waals surface area contributed by atoms with Crippen molar-refractivity contribution in [3.8, 4) is 11.5 Å². The molecule has 0 spiro atoms. The summed E-state index contributed by atoms with van der Waals surface area (Å²) in [5.74, 6) is 0.200. The summed E-state index contributed by atoms with van der Waals surface area (Å²) in [6, 6.07) is 5.43. The summed E-state index contributed by atoms with van der Waals surface area (Å²) in [6.07, 6.45) is 0. The average molecular weight is 209 g/mol. The average Bonchev–Trinajstić information content (AvgIpc) is 2.18. The first-order valence-electron chi connectivity index (χ1n) is 5.26. The van der Waals surface area contributed by atoms with E-state index in [1.54, 1.807) is 6.07 Å². The fraction of sp³-hybridized carbons (Fsp3) is 0.500. The van der Waals surface area contributed by atoms with Crippen molar-refractivity contribution in [3.05, 3.63) is 23.8 Å². The molecule has 0 radical (unpaired) electrons. The summed E-state index contributed by atoms with van der Waals surface area (Å²) in [5, 5.41) is 21.9. The number of nitrogens with one attached hydrogen (secondary N) is 1. The van der Waals surface area contributed by atoms with Crippen molar-refractivity contribution in [2.75, 3.05) is 6.54 Å². The molecule has 0 saturated carbocycles. The summed E-state index contributed by atoms with van der Waals surface area (Å²) < 4.78 is 0. The molecule has 0 bridgehead atoms. The van der Waals surface area contributed by atoms with Gasteiger partial charge in [0.1, 0.15) is 0 Å². The Hall–Kier alpha value is -1.22. The Morgan fingerprint density at radius 3 is 2.33 bits per heavy atom. The maximum Gasteiger partial charge on any atom is 0.157 e. The number of hydrogen-bond donors (Lipinski definition) is 3. The molecule has 0 amide bonds. The topological polar surface area (TPSA) is 52.5 Å². The normalized spacial score (nSPS) is 13.1. The van der Waals surface area contributed by atoms with Gasteiger partial charge in [-0.05, 0) is 23.6 Å². The zero-order valence-electron chi connectivity index (χ0n) is 9.49. The van der Waals surface area contributed by atoms with Gasteiger partial charge in [-0.1, -0.05) is 26.8 Å². The van der Waals surface area contributed by atoms with Crippen LogP contribution in [0.1, 0.15) is 32.3 Å². The number of hydrogen-bond acceptors (Lipinski definition) is 3. The third-order valence-electron chi connectivity index (χ3n) is 2.40. The molecular formula is C12H19NO2. The highest BCUT2D eigenvalue weighted by Crippen LogP contribution is 2.28. The third kappa shape index (κ3) is 3.44. The van der Waals surface area contributed by atoms with E-state index in [0.717, 1.165) is 12.1 Å². The highest BCUT2D eigenvalue weighted by molar-refractivity contribution is 5.41. The molecule has 3 heteroatoms. The Morgan fingerprint density at radius 1 is 1.13 bits per heavy atom. The summed E-state index contributed by atoms with van der Waals surface area (Å²) in [5.41, 5.74) is 1.03. The lowest BCUT2D eigenvalue weighted by atomic mass is 10.0. The summed E-state index contributed by atoms with van der Waals surface area (Å²) in [6.45, 7) is 7.14. The Kier molecular flexibility index (Phi) is 3.97. The quantitative estimate of drug-likeness (QED) is 0.666. The Bertz CT molecular complexity index is 323. The smallest absolute Gasteiger partial charge is 0.157 e. The van der Waals surface area contributed by atoms with Crippen LogP contribution in [0.15, 0.2) is 18.2 Å². The van der Waals surface area contributed by atoms with Crippen LogP contribution in [0.2, 0.25) is 0 Å². The molecule has 3 N–H and O–H groups in total. The first kappa shape index (κ1) is 11.9. The van der Waals surface area contributed by atoms with Crippen LogP contribution in [-0.4, -0.2) is 22.8 Å². The monoisotopic (exact) mass is 209 g/mol. The SMILES string of the molecule is CC(C)NC[C@@H](C)c1ccc(O)c(O)c1. The summed E-state index contributed by atoms with van der Waals surface area (Å²) in [4.78, 5) is 0. The van der Waals surface area contributed by atoms with E-state index in [9.17, 15) is 10.2 Å². The van der Waals surface area contributed by atoms with Crippen LogP contribution in [0.25, 0.3) is 0 Å². The van der Waals surface area contributed by atoms with E-state index in [1.165, 1.54) is 6.07 Å². The molecular weight excluding hydrogens is 190 g/mol. The molecule has 0 aromatic heterocycles. The molecule has 15 heavy (non-hydrogen) atoms. The van der Waals surface area contributed by atoms with Crippen molar-refractivity contribution in [2.24, 2.45) is 0 Å². The standard InChI is InChI=1S/C12H19NO2/c1-8(2)13-7-9(3)10-4-5-11(14)12(15)6-10/h4-6,8-9,13-15H,7H2,1-3H3/t9-/m1/s1. The Morgan fingerprint density at radius 2 is 1.80 bits per heavy atom. The Labute approximate surface area is 90.8 Å². The molecule has 1 aromatic carbocycles. The molecule has 1 rings (SSSR count). The maximum absolute atomic E-state index is 9.36. The van der Waals surface area contributed by atoms with Crippen molar-refractivity contribution in [2.45, 2.75) is 32.7 Å². The maximum atomic E-state index is 9.36. The van der Waals surface area contributed by atoms with E-state index in [1.807, 2.05) is 6.07 Å². The van der Waals surface area contributed by atoms with Gasteiger partial charge in [0.15, 0.2) is 11.5 Å². The molecule has 0 unspecified atom stereocenters. The van der Waals surface area contributed by atoms with Gasteiger partial charge in [-0.2, -0.15) is 0 Å². The fourth-order valence-electron chi connectivity index (χ4n) is 1.38. The van der Waals surface area contributed by atoms with Gasteiger partial charge in [-0.15, -0.1) is 0 Å². The molecule has 1 atom stereocenters. The second kappa shape index (κ2) is 5.03. The molecule has 3 nitrogen and oxygen atoms in total. The number of rotatable bonds is 4. The van der Waals surface area contributed by atoms with Crippen LogP contribution in [-0.2, 0) is 0 Å². The lowest BCUT2D eigenvalue weighted by Gasteiger charge is -2.15. The third-order valence-corrected chi connectivity index (χ3v) is 2.40. The predicted molar refractivity (Wildman–Crippen MR) is 61.3 cm³/mol. The van der Waals surface area contributed by atoms with Crippen molar-refractivity contribution < 1.29 is 10.2 Å². The number of phenols is 2. The van der Waals surface area contributed by atoms with Crippen LogP contribution >= 0.6 is 0 Å². The second-order valence-corrected chi connectivity index (χ2v) is 4.21. The summed E-state index contributed by atoms with van der Waals surface area (Å²) >= 11 is 0. The van der Waals surface area contributed by atoms with Gasteiger partial charge in [0.25, 0.3) is 0 Å². The van der Waals surface area contributed by atoms with E-state index in [0.29, 0.717) is 12.0 Å². The van der Waals surface area contributed by atoms with Gasteiger partial charge < -0.3 is 15.5 Å². The van der Waals surface area contributed by atoms with Crippen LogP contribution in [0.5, 0.6) is 11.5 Å². The molecule has 0 aliphatic rings. The van der Waals surface area contributed by atoms with Gasteiger partial charge in [0, 0.05) is 12.6 Å². The van der Waals surface area contributed by atoms with Crippen molar-refractivity contribution in [1.82, 2.24) is 5.32 Å². The highest BCUT2D eigenvalue weighted by Gasteiger charge is 2.08. The Balaban J connectivity index is 2.65. The highest BCUT2D eigenvalue weighted by atomic mass is 16.3. The minimum Gasteiger partial charge on any atom is -0.504 e. The minimum absolute atomic E-state index is 0.0519. The zero-order valence-corrected chi connectivity index (χ0v) is 9.49. The van der Waals surface area contributed by atoms with E-state index in [4.69, 9.17) is 0 Å². The fourth-order valence-corrected chi connectivity index (χ4v) is 1.38.